The van der Waals surface area contributed by atoms with E-state index < -0.39 is 5.97 Å². The van der Waals surface area contributed by atoms with Gasteiger partial charge in [0, 0.05) is 6.20 Å². The first-order valence-corrected chi connectivity index (χ1v) is 5.10. The van der Waals surface area contributed by atoms with Crippen LogP contribution < -0.4 is 5.32 Å². The molecule has 1 atom stereocenters. The van der Waals surface area contributed by atoms with Crippen LogP contribution in [0.4, 0.5) is 5.69 Å². The van der Waals surface area contributed by atoms with Gasteiger partial charge in [0.15, 0.2) is 5.69 Å². The van der Waals surface area contributed by atoms with Gasteiger partial charge in [0.2, 0.25) is 0 Å². The second kappa shape index (κ2) is 5.76. The van der Waals surface area contributed by atoms with Crippen molar-refractivity contribution in [2.45, 2.75) is 25.8 Å². The zero-order valence-corrected chi connectivity index (χ0v) is 9.10. The molecule has 0 aliphatic heterocycles. The summed E-state index contributed by atoms with van der Waals surface area (Å²) in [6, 6.07) is 3.18. The highest BCUT2D eigenvalue weighted by atomic mass is 16.4. The number of aromatic carboxylic acids is 1. The van der Waals surface area contributed by atoms with Crippen molar-refractivity contribution < 1.29 is 9.90 Å². The molecule has 1 unspecified atom stereocenters. The highest BCUT2D eigenvalue weighted by Crippen LogP contribution is 2.14. The number of terminal acetylenes is 1. The lowest BCUT2D eigenvalue weighted by Gasteiger charge is -2.14. The van der Waals surface area contributed by atoms with E-state index >= 15 is 0 Å². The molecule has 0 aromatic carbocycles. The minimum absolute atomic E-state index is 0.00106. The molecule has 0 spiro atoms. The zero-order chi connectivity index (χ0) is 12.0. The van der Waals surface area contributed by atoms with E-state index in [1.807, 2.05) is 6.92 Å². The standard InChI is InChI=1S/C12H14N2O2/c1-3-6-9(4-2)14-10-7-5-8-13-11(10)12(15)16/h2,5,7-9,14H,3,6H2,1H3,(H,15,16). The van der Waals surface area contributed by atoms with E-state index in [9.17, 15) is 4.79 Å². The Balaban J connectivity index is 2.88. The summed E-state index contributed by atoms with van der Waals surface area (Å²) in [6.45, 7) is 2.02. The average Bonchev–Trinajstić information content (AvgIpc) is 2.29. The predicted molar refractivity (Wildman–Crippen MR) is 62.3 cm³/mol. The summed E-state index contributed by atoms with van der Waals surface area (Å²) in [7, 11) is 0. The molecule has 0 radical (unpaired) electrons. The molecule has 1 rings (SSSR count). The minimum Gasteiger partial charge on any atom is -0.476 e. The van der Waals surface area contributed by atoms with Gasteiger partial charge in [-0.2, -0.15) is 0 Å². The van der Waals surface area contributed by atoms with Gasteiger partial charge in [-0.15, -0.1) is 6.42 Å². The number of anilines is 1. The molecule has 0 bridgehead atoms. The molecule has 16 heavy (non-hydrogen) atoms. The summed E-state index contributed by atoms with van der Waals surface area (Å²) in [6.07, 6.45) is 8.53. The van der Waals surface area contributed by atoms with Gasteiger partial charge in [-0.3, -0.25) is 0 Å². The van der Waals surface area contributed by atoms with Crippen molar-refractivity contribution in [1.29, 1.82) is 0 Å². The molecule has 2 N–H and O–H groups in total. The van der Waals surface area contributed by atoms with Crippen LogP contribution >= 0.6 is 0 Å². The second-order valence-electron chi connectivity index (χ2n) is 3.36. The van der Waals surface area contributed by atoms with Crippen molar-refractivity contribution in [1.82, 2.24) is 4.98 Å². The molecular weight excluding hydrogens is 204 g/mol. The number of pyridine rings is 1. The Morgan fingerprint density at radius 3 is 3.06 bits per heavy atom. The van der Waals surface area contributed by atoms with E-state index in [-0.39, 0.29) is 11.7 Å². The van der Waals surface area contributed by atoms with Gasteiger partial charge in [-0.05, 0) is 18.6 Å². The fraction of sp³-hybridized carbons (Fsp3) is 0.333. The topological polar surface area (TPSA) is 62.2 Å². The van der Waals surface area contributed by atoms with Crippen molar-refractivity contribution >= 4 is 11.7 Å². The van der Waals surface area contributed by atoms with E-state index in [1.54, 1.807) is 12.1 Å². The van der Waals surface area contributed by atoms with Gasteiger partial charge in [-0.25, -0.2) is 9.78 Å². The zero-order valence-electron chi connectivity index (χ0n) is 9.10. The van der Waals surface area contributed by atoms with Crippen molar-refractivity contribution in [2.24, 2.45) is 0 Å². The molecule has 1 aromatic rings. The fourth-order valence-corrected chi connectivity index (χ4v) is 1.37. The molecular formula is C12H14N2O2. The van der Waals surface area contributed by atoms with E-state index in [0.29, 0.717) is 5.69 Å². The molecule has 1 heterocycles. The molecule has 0 fully saturated rings. The van der Waals surface area contributed by atoms with Crippen molar-refractivity contribution in [2.75, 3.05) is 5.32 Å². The number of carboxylic acid groups (broad SMARTS) is 1. The van der Waals surface area contributed by atoms with Crippen LogP contribution in [0.15, 0.2) is 18.3 Å². The number of hydrogen-bond acceptors (Lipinski definition) is 3. The van der Waals surface area contributed by atoms with Crippen LogP contribution in [-0.4, -0.2) is 22.1 Å². The van der Waals surface area contributed by atoms with Gasteiger partial charge in [-0.1, -0.05) is 19.3 Å². The first kappa shape index (κ1) is 12.1. The van der Waals surface area contributed by atoms with Gasteiger partial charge >= 0.3 is 5.97 Å². The maximum Gasteiger partial charge on any atom is 0.356 e. The van der Waals surface area contributed by atoms with E-state index in [4.69, 9.17) is 11.5 Å². The quantitative estimate of drug-likeness (QED) is 0.742. The third kappa shape index (κ3) is 2.99. The van der Waals surface area contributed by atoms with Crippen LogP contribution in [0.25, 0.3) is 0 Å². The molecule has 1 aromatic heterocycles. The van der Waals surface area contributed by atoms with Crippen LogP contribution in [0.3, 0.4) is 0 Å². The molecule has 0 aliphatic carbocycles. The normalized spacial score (nSPS) is 11.5. The summed E-state index contributed by atoms with van der Waals surface area (Å²) in [5.41, 5.74) is 0.463. The molecule has 84 valence electrons. The van der Waals surface area contributed by atoms with Gasteiger partial charge in [0.25, 0.3) is 0 Å². The van der Waals surface area contributed by atoms with Gasteiger partial charge in [0.05, 0.1) is 11.7 Å². The fourth-order valence-electron chi connectivity index (χ4n) is 1.37. The van der Waals surface area contributed by atoms with Crippen LogP contribution in [0.1, 0.15) is 30.3 Å². The highest BCUT2D eigenvalue weighted by Gasteiger charge is 2.13. The monoisotopic (exact) mass is 218 g/mol. The number of nitrogens with one attached hydrogen (secondary N) is 1. The van der Waals surface area contributed by atoms with E-state index in [1.165, 1.54) is 6.20 Å². The number of hydrogen-bond donors (Lipinski definition) is 2. The summed E-state index contributed by atoms with van der Waals surface area (Å²) in [5.74, 6) is 1.53. The Morgan fingerprint density at radius 2 is 2.50 bits per heavy atom. The van der Waals surface area contributed by atoms with Gasteiger partial charge < -0.3 is 10.4 Å². The largest absolute Gasteiger partial charge is 0.476 e. The first-order chi connectivity index (χ1) is 7.69. The molecule has 0 saturated carbocycles. The molecule has 4 heteroatoms. The lowest BCUT2D eigenvalue weighted by atomic mass is 10.1. The van der Waals surface area contributed by atoms with Crippen LogP contribution in [-0.2, 0) is 0 Å². The first-order valence-electron chi connectivity index (χ1n) is 5.10. The summed E-state index contributed by atoms with van der Waals surface area (Å²) in [4.78, 5) is 14.7. The second-order valence-corrected chi connectivity index (χ2v) is 3.36. The van der Waals surface area contributed by atoms with E-state index in [0.717, 1.165) is 12.8 Å². The third-order valence-electron chi connectivity index (χ3n) is 2.12. The summed E-state index contributed by atoms with van der Waals surface area (Å²) < 4.78 is 0. The van der Waals surface area contributed by atoms with Gasteiger partial charge in [0.1, 0.15) is 0 Å². The smallest absolute Gasteiger partial charge is 0.356 e. The number of carbonyl (C=O) groups is 1. The summed E-state index contributed by atoms with van der Waals surface area (Å²) in [5, 5.41) is 11.9. The lowest BCUT2D eigenvalue weighted by Crippen LogP contribution is -2.19. The Labute approximate surface area is 94.7 Å². The minimum atomic E-state index is -1.06. The van der Waals surface area contributed by atoms with Crippen molar-refractivity contribution in [3.63, 3.8) is 0 Å². The Morgan fingerprint density at radius 1 is 1.75 bits per heavy atom. The van der Waals surface area contributed by atoms with Crippen molar-refractivity contribution in [3.8, 4) is 12.3 Å². The Kier molecular flexibility index (Phi) is 4.34. The average molecular weight is 218 g/mol. The molecule has 0 amide bonds. The molecule has 0 saturated heterocycles. The highest BCUT2D eigenvalue weighted by molar-refractivity contribution is 5.91. The number of rotatable bonds is 5. The Bertz CT molecular complexity index is 410. The van der Waals surface area contributed by atoms with Crippen LogP contribution in [0.2, 0.25) is 0 Å². The maximum absolute atomic E-state index is 10.9. The van der Waals surface area contributed by atoms with Crippen LogP contribution in [0, 0.1) is 12.3 Å². The number of aromatic nitrogens is 1. The maximum atomic E-state index is 10.9. The summed E-state index contributed by atoms with van der Waals surface area (Å²) >= 11 is 0. The van der Waals surface area contributed by atoms with Crippen LogP contribution in [0.5, 0.6) is 0 Å². The SMILES string of the molecule is C#CC(CCC)Nc1cccnc1C(=O)O. The van der Waals surface area contributed by atoms with Crippen molar-refractivity contribution in [3.05, 3.63) is 24.0 Å². The Hall–Kier alpha value is -2.02. The number of carboxylic acids is 1. The molecule has 4 nitrogen and oxygen atoms in total. The van der Waals surface area contributed by atoms with E-state index in [2.05, 4.69) is 16.2 Å². The third-order valence-corrected chi connectivity index (χ3v) is 2.12. The predicted octanol–water partition coefficient (Wildman–Crippen LogP) is 1.99. The number of nitrogens with zero attached hydrogens (tertiary/aromatic N) is 1. The molecule has 0 aliphatic rings. The lowest BCUT2D eigenvalue weighted by molar-refractivity contribution is 0.0691.